The van der Waals surface area contributed by atoms with Gasteiger partial charge in [-0.3, -0.25) is 9.80 Å². The largest absolute Gasteiger partial charge is 0.299 e. The highest BCUT2D eigenvalue weighted by atomic mass is 19.1. The molecule has 1 atom stereocenters. The Hall–Kier alpha value is -1.19. The summed E-state index contributed by atoms with van der Waals surface area (Å²) >= 11 is 0. The second-order valence-electron chi connectivity index (χ2n) is 6.25. The van der Waals surface area contributed by atoms with Gasteiger partial charge in [0, 0.05) is 25.7 Å². The summed E-state index contributed by atoms with van der Waals surface area (Å²) in [6.45, 7) is 6.00. The lowest BCUT2D eigenvalue weighted by molar-refractivity contribution is 0.164. The van der Waals surface area contributed by atoms with Crippen LogP contribution in [0.15, 0.2) is 30.3 Å². The van der Waals surface area contributed by atoms with Gasteiger partial charge in [0.2, 0.25) is 0 Å². The summed E-state index contributed by atoms with van der Waals surface area (Å²) in [6.07, 6.45) is 9.76. The van der Waals surface area contributed by atoms with Gasteiger partial charge in [0.1, 0.15) is 5.82 Å². The SMILES string of the molecule is Fc1ccc(/C=C/CN2CC[C@H](N3CCCCC3)C2)cc1. The van der Waals surface area contributed by atoms with Crippen LogP contribution in [0.1, 0.15) is 31.2 Å². The summed E-state index contributed by atoms with van der Waals surface area (Å²) < 4.78 is 12.8. The average molecular weight is 288 g/mol. The Morgan fingerprint density at radius 1 is 1.05 bits per heavy atom. The first kappa shape index (κ1) is 14.7. The van der Waals surface area contributed by atoms with E-state index >= 15 is 0 Å². The van der Waals surface area contributed by atoms with Crippen LogP contribution < -0.4 is 0 Å². The zero-order valence-electron chi connectivity index (χ0n) is 12.7. The topological polar surface area (TPSA) is 6.48 Å². The van der Waals surface area contributed by atoms with E-state index in [0.717, 1.165) is 18.2 Å². The van der Waals surface area contributed by atoms with Gasteiger partial charge in [-0.15, -0.1) is 0 Å². The van der Waals surface area contributed by atoms with Gasteiger partial charge in [0.15, 0.2) is 0 Å². The first-order valence-corrected chi connectivity index (χ1v) is 8.20. The first-order chi connectivity index (χ1) is 10.3. The van der Waals surface area contributed by atoms with E-state index in [2.05, 4.69) is 22.0 Å². The smallest absolute Gasteiger partial charge is 0.123 e. The maximum atomic E-state index is 12.8. The van der Waals surface area contributed by atoms with Crippen molar-refractivity contribution in [3.8, 4) is 0 Å². The number of nitrogens with zero attached hydrogens (tertiary/aromatic N) is 2. The minimum Gasteiger partial charge on any atom is -0.299 e. The molecule has 1 aromatic rings. The fourth-order valence-electron chi connectivity index (χ4n) is 3.47. The molecule has 0 spiro atoms. The van der Waals surface area contributed by atoms with E-state index in [-0.39, 0.29) is 5.82 Å². The van der Waals surface area contributed by atoms with Crippen molar-refractivity contribution < 1.29 is 4.39 Å². The van der Waals surface area contributed by atoms with Crippen LogP contribution in [0.25, 0.3) is 6.08 Å². The van der Waals surface area contributed by atoms with Crippen molar-refractivity contribution in [2.24, 2.45) is 0 Å². The van der Waals surface area contributed by atoms with Gasteiger partial charge in [-0.2, -0.15) is 0 Å². The van der Waals surface area contributed by atoms with Gasteiger partial charge in [0.25, 0.3) is 0 Å². The van der Waals surface area contributed by atoms with Crippen molar-refractivity contribution in [1.82, 2.24) is 9.80 Å². The van der Waals surface area contributed by atoms with E-state index in [1.54, 1.807) is 0 Å². The molecule has 2 fully saturated rings. The predicted molar refractivity (Wildman–Crippen MR) is 85.7 cm³/mol. The summed E-state index contributed by atoms with van der Waals surface area (Å²) in [4.78, 5) is 5.21. The Labute approximate surface area is 127 Å². The molecule has 21 heavy (non-hydrogen) atoms. The molecule has 2 nitrogen and oxygen atoms in total. The molecule has 0 bridgehead atoms. The number of rotatable bonds is 4. The van der Waals surface area contributed by atoms with Gasteiger partial charge < -0.3 is 0 Å². The van der Waals surface area contributed by atoms with Gasteiger partial charge in [0.05, 0.1) is 0 Å². The maximum Gasteiger partial charge on any atom is 0.123 e. The summed E-state index contributed by atoms with van der Waals surface area (Å²) in [6, 6.07) is 7.45. The third-order valence-electron chi connectivity index (χ3n) is 4.70. The lowest BCUT2D eigenvalue weighted by atomic mass is 10.1. The molecule has 0 amide bonds. The van der Waals surface area contributed by atoms with Crippen molar-refractivity contribution in [3.63, 3.8) is 0 Å². The van der Waals surface area contributed by atoms with Crippen LogP contribution in [0.5, 0.6) is 0 Å². The fourth-order valence-corrected chi connectivity index (χ4v) is 3.47. The molecular formula is C18H25FN2. The lowest BCUT2D eigenvalue weighted by Gasteiger charge is -2.32. The summed E-state index contributed by atoms with van der Waals surface area (Å²) in [5.41, 5.74) is 1.07. The summed E-state index contributed by atoms with van der Waals surface area (Å²) in [7, 11) is 0. The van der Waals surface area contributed by atoms with Crippen LogP contribution in [-0.4, -0.2) is 48.6 Å². The molecule has 3 heteroatoms. The Morgan fingerprint density at radius 3 is 2.57 bits per heavy atom. The molecule has 0 N–H and O–H groups in total. The maximum absolute atomic E-state index is 12.8. The van der Waals surface area contributed by atoms with Crippen LogP contribution in [0.4, 0.5) is 4.39 Å². The molecule has 0 radical (unpaired) electrons. The number of hydrogen-bond donors (Lipinski definition) is 0. The van der Waals surface area contributed by atoms with Crippen LogP contribution in [0.2, 0.25) is 0 Å². The van der Waals surface area contributed by atoms with Gasteiger partial charge >= 0.3 is 0 Å². The minimum absolute atomic E-state index is 0.170. The number of hydrogen-bond acceptors (Lipinski definition) is 2. The van der Waals surface area contributed by atoms with Crippen LogP contribution in [0, 0.1) is 5.82 Å². The zero-order valence-corrected chi connectivity index (χ0v) is 12.7. The Bertz CT molecular complexity index is 463. The highest BCUT2D eigenvalue weighted by Gasteiger charge is 2.27. The standard InChI is InChI=1S/C18H25FN2/c19-17-8-6-16(7-9-17)5-4-11-20-14-10-18(15-20)21-12-2-1-3-13-21/h4-9,18H,1-3,10-15H2/b5-4+/t18-/m0/s1. The highest BCUT2D eigenvalue weighted by molar-refractivity contribution is 5.48. The Kier molecular flexibility index (Phi) is 5.04. The van der Waals surface area contributed by atoms with Crippen molar-refractivity contribution in [3.05, 3.63) is 41.7 Å². The number of benzene rings is 1. The first-order valence-electron chi connectivity index (χ1n) is 8.20. The van der Waals surface area contributed by atoms with Crippen molar-refractivity contribution >= 4 is 6.08 Å². The van der Waals surface area contributed by atoms with E-state index in [4.69, 9.17) is 0 Å². The van der Waals surface area contributed by atoms with Gasteiger partial charge in [-0.1, -0.05) is 30.7 Å². The summed E-state index contributed by atoms with van der Waals surface area (Å²) in [5.74, 6) is -0.170. The normalized spacial score (nSPS) is 24.9. The zero-order chi connectivity index (χ0) is 14.5. The lowest BCUT2D eigenvalue weighted by Crippen LogP contribution is -2.40. The molecule has 114 valence electrons. The van der Waals surface area contributed by atoms with Crippen molar-refractivity contribution in [1.29, 1.82) is 0 Å². The average Bonchev–Trinajstić information content (AvgIpc) is 2.99. The molecule has 2 aliphatic rings. The highest BCUT2D eigenvalue weighted by Crippen LogP contribution is 2.20. The second-order valence-corrected chi connectivity index (χ2v) is 6.25. The van der Waals surface area contributed by atoms with Crippen molar-refractivity contribution in [2.75, 3.05) is 32.7 Å². The molecule has 3 rings (SSSR count). The molecule has 1 aromatic carbocycles. The quantitative estimate of drug-likeness (QED) is 0.838. The third-order valence-corrected chi connectivity index (χ3v) is 4.70. The molecular weight excluding hydrogens is 263 g/mol. The van der Waals surface area contributed by atoms with E-state index in [9.17, 15) is 4.39 Å². The number of likely N-dealkylation sites (tertiary alicyclic amines) is 2. The third kappa shape index (κ3) is 4.14. The molecule has 0 unspecified atom stereocenters. The van der Waals surface area contributed by atoms with Gasteiger partial charge in [-0.05, 0) is 50.0 Å². The summed E-state index contributed by atoms with van der Waals surface area (Å²) in [5, 5.41) is 0. The van der Waals surface area contributed by atoms with E-state index < -0.39 is 0 Å². The van der Waals surface area contributed by atoms with Crippen LogP contribution in [-0.2, 0) is 0 Å². The minimum atomic E-state index is -0.170. The van der Waals surface area contributed by atoms with Crippen LogP contribution >= 0.6 is 0 Å². The van der Waals surface area contributed by atoms with Gasteiger partial charge in [-0.25, -0.2) is 4.39 Å². The molecule has 0 saturated carbocycles. The number of piperidine rings is 1. The number of halogens is 1. The molecule has 0 aromatic heterocycles. The van der Waals surface area contributed by atoms with E-state index in [1.165, 1.54) is 64.0 Å². The molecule has 2 saturated heterocycles. The predicted octanol–water partition coefficient (Wildman–Crippen LogP) is 3.40. The Morgan fingerprint density at radius 2 is 1.81 bits per heavy atom. The fraction of sp³-hybridized carbons (Fsp3) is 0.556. The van der Waals surface area contributed by atoms with Crippen molar-refractivity contribution in [2.45, 2.75) is 31.7 Å². The molecule has 2 heterocycles. The Balaban J connectivity index is 1.45. The van der Waals surface area contributed by atoms with E-state index in [0.29, 0.717) is 0 Å². The molecule has 2 aliphatic heterocycles. The monoisotopic (exact) mass is 288 g/mol. The molecule has 0 aliphatic carbocycles. The van der Waals surface area contributed by atoms with Crippen LogP contribution in [0.3, 0.4) is 0 Å². The van der Waals surface area contributed by atoms with E-state index in [1.807, 2.05) is 12.1 Å². The second kappa shape index (κ2) is 7.19.